The van der Waals surface area contributed by atoms with E-state index in [0.717, 1.165) is 37.4 Å². The van der Waals surface area contributed by atoms with Crippen molar-refractivity contribution in [3.8, 4) is 5.75 Å². The van der Waals surface area contributed by atoms with Gasteiger partial charge in [-0.1, -0.05) is 6.92 Å². The molecule has 1 aromatic carbocycles. The average molecular weight is 265 g/mol. The average Bonchev–Trinajstić information content (AvgIpc) is 2.43. The quantitative estimate of drug-likeness (QED) is 0.731. The largest absolute Gasteiger partial charge is 0.496 e. The highest BCUT2D eigenvalue weighted by molar-refractivity contribution is 5.94. The van der Waals surface area contributed by atoms with Gasteiger partial charge < -0.3 is 9.84 Å². The fraction of sp³-hybridized carbons (Fsp3) is 0.533. The molecule has 106 valence electrons. The number of hydrogen-bond acceptors (Lipinski definition) is 4. The van der Waals surface area contributed by atoms with Crippen LogP contribution in [0.15, 0.2) is 18.2 Å². The molecule has 0 amide bonds. The Labute approximate surface area is 115 Å². The number of ether oxygens (including phenoxy) is 1. The Bertz CT molecular complexity index is 418. The van der Waals surface area contributed by atoms with Gasteiger partial charge in [0.05, 0.1) is 7.11 Å². The number of nitrogens with zero attached hydrogens (tertiary/aromatic N) is 1. The lowest BCUT2D eigenvalue weighted by atomic mass is 10.1. The van der Waals surface area contributed by atoms with E-state index < -0.39 is 0 Å². The maximum absolute atomic E-state index is 11.4. The first kappa shape index (κ1) is 15.7. The van der Waals surface area contributed by atoms with Crippen LogP contribution in [-0.4, -0.2) is 42.6 Å². The number of ketones is 1. The lowest BCUT2D eigenvalue weighted by Crippen LogP contribution is -2.25. The number of aliphatic hydroxyl groups excluding tert-OH is 1. The SMILES string of the molecule is CCN(CCCO)Cc1cc(C(C)=O)ccc1OC. The van der Waals surface area contributed by atoms with Crippen LogP contribution in [0.2, 0.25) is 0 Å². The van der Waals surface area contributed by atoms with Gasteiger partial charge in [0.15, 0.2) is 5.78 Å². The van der Waals surface area contributed by atoms with Crippen LogP contribution in [0.5, 0.6) is 5.75 Å². The first-order chi connectivity index (χ1) is 9.12. The van der Waals surface area contributed by atoms with Gasteiger partial charge in [0.2, 0.25) is 0 Å². The second-order valence-corrected chi connectivity index (χ2v) is 4.53. The Morgan fingerprint density at radius 2 is 2.16 bits per heavy atom. The van der Waals surface area contributed by atoms with Crippen molar-refractivity contribution in [1.29, 1.82) is 0 Å². The summed E-state index contributed by atoms with van der Waals surface area (Å²) in [6, 6.07) is 5.52. The van der Waals surface area contributed by atoms with Crippen LogP contribution in [0.4, 0.5) is 0 Å². The Morgan fingerprint density at radius 1 is 1.42 bits per heavy atom. The van der Waals surface area contributed by atoms with Gasteiger partial charge in [-0.3, -0.25) is 9.69 Å². The number of aliphatic hydroxyl groups is 1. The van der Waals surface area contributed by atoms with Crippen molar-refractivity contribution in [3.63, 3.8) is 0 Å². The maximum atomic E-state index is 11.4. The van der Waals surface area contributed by atoms with Crippen LogP contribution < -0.4 is 4.74 Å². The van der Waals surface area contributed by atoms with Crippen LogP contribution in [0.25, 0.3) is 0 Å². The van der Waals surface area contributed by atoms with Gasteiger partial charge in [-0.05, 0) is 38.1 Å². The third-order valence-corrected chi connectivity index (χ3v) is 3.16. The number of carbonyl (C=O) groups is 1. The van der Waals surface area contributed by atoms with Crippen LogP contribution in [0.1, 0.15) is 36.2 Å². The maximum Gasteiger partial charge on any atom is 0.159 e. The minimum Gasteiger partial charge on any atom is -0.496 e. The highest BCUT2D eigenvalue weighted by Gasteiger charge is 2.10. The molecule has 0 aliphatic carbocycles. The number of hydrogen-bond donors (Lipinski definition) is 1. The molecular formula is C15H23NO3. The van der Waals surface area contributed by atoms with Crippen LogP contribution in [0.3, 0.4) is 0 Å². The van der Waals surface area contributed by atoms with Gasteiger partial charge in [0, 0.05) is 30.8 Å². The third kappa shape index (κ3) is 4.65. The van der Waals surface area contributed by atoms with E-state index in [-0.39, 0.29) is 12.4 Å². The molecule has 0 aliphatic heterocycles. The van der Waals surface area contributed by atoms with Crippen LogP contribution in [0, 0.1) is 0 Å². The van der Waals surface area contributed by atoms with E-state index in [0.29, 0.717) is 5.56 Å². The zero-order valence-corrected chi connectivity index (χ0v) is 12.0. The summed E-state index contributed by atoms with van der Waals surface area (Å²) in [6.07, 6.45) is 0.753. The van der Waals surface area contributed by atoms with Crippen LogP contribution in [-0.2, 0) is 6.54 Å². The molecule has 0 atom stereocenters. The molecule has 0 bridgehead atoms. The van der Waals surface area contributed by atoms with E-state index in [9.17, 15) is 4.79 Å². The summed E-state index contributed by atoms with van der Waals surface area (Å²) >= 11 is 0. The van der Waals surface area contributed by atoms with Crippen molar-refractivity contribution in [1.82, 2.24) is 4.90 Å². The summed E-state index contributed by atoms with van der Waals surface area (Å²) in [4.78, 5) is 13.7. The molecule has 4 heteroatoms. The van der Waals surface area contributed by atoms with Gasteiger partial charge in [-0.25, -0.2) is 0 Å². The molecule has 1 rings (SSSR count). The monoisotopic (exact) mass is 265 g/mol. The van der Waals surface area contributed by atoms with Crippen molar-refractivity contribution < 1.29 is 14.6 Å². The fourth-order valence-corrected chi connectivity index (χ4v) is 2.01. The van der Waals surface area contributed by atoms with E-state index in [1.54, 1.807) is 20.1 Å². The summed E-state index contributed by atoms with van der Waals surface area (Å²) in [5, 5.41) is 8.90. The van der Waals surface area contributed by atoms with Crippen LogP contribution >= 0.6 is 0 Å². The molecule has 0 spiro atoms. The Morgan fingerprint density at radius 3 is 2.68 bits per heavy atom. The van der Waals surface area contributed by atoms with Gasteiger partial charge >= 0.3 is 0 Å². The summed E-state index contributed by atoms with van der Waals surface area (Å²) in [5.74, 6) is 0.856. The first-order valence-electron chi connectivity index (χ1n) is 6.63. The Balaban J connectivity index is 2.89. The zero-order valence-electron chi connectivity index (χ0n) is 12.0. The fourth-order valence-electron chi connectivity index (χ4n) is 2.01. The van der Waals surface area contributed by atoms with Gasteiger partial charge in [-0.15, -0.1) is 0 Å². The second kappa shape index (κ2) is 7.92. The molecule has 0 saturated heterocycles. The van der Waals surface area contributed by atoms with E-state index >= 15 is 0 Å². The normalized spacial score (nSPS) is 10.8. The number of carbonyl (C=O) groups excluding carboxylic acids is 1. The van der Waals surface area contributed by atoms with Gasteiger partial charge in [0.1, 0.15) is 5.75 Å². The summed E-state index contributed by atoms with van der Waals surface area (Å²) < 4.78 is 5.34. The Hall–Kier alpha value is -1.39. The number of Topliss-reactive ketones (excluding diaryl/α,β-unsaturated/α-hetero) is 1. The van der Waals surface area contributed by atoms with Crippen molar-refractivity contribution in [2.24, 2.45) is 0 Å². The molecule has 0 unspecified atom stereocenters. The number of rotatable bonds is 8. The minimum atomic E-state index is 0.0577. The Kier molecular flexibility index (Phi) is 6.53. The van der Waals surface area contributed by atoms with E-state index in [1.807, 2.05) is 12.1 Å². The van der Waals surface area contributed by atoms with Crippen molar-refractivity contribution in [3.05, 3.63) is 29.3 Å². The van der Waals surface area contributed by atoms with Gasteiger partial charge in [-0.2, -0.15) is 0 Å². The molecule has 0 radical (unpaired) electrons. The van der Waals surface area contributed by atoms with E-state index in [1.165, 1.54) is 0 Å². The van der Waals surface area contributed by atoms with E-state index in [2.05, 4.69) is 11.8 Å². The third-order valence-electron chi connectivity index (χ3n) is 3.16. The summed E-state index contributed by atoms with van der Waals surface area (Å²) in [6.45, 7) is 6.30. The molecule has 4 nitrogen and oxygen atoms in total. The lowest BCUT2D eigenvalue weighted by Gasteiger charge is -2.21. The molecule has 0 aliphatic rings. The molecule has 19 heavy (non-hydrogen) atoms. The first-order valence-corrected chi connectivity index (χ1v) is 6.63. The molecule has 1 aromatic rings. The van der Waals surface area contributed by atoms with Crippen molar-refractivity contribution in [2.75, 3.05) is 26.8 Å². The zero-order chi connectivity index (χ0) is 14.3. The molecule has 0 aromatic heterocycles. The minimum absolute atomic E-state index is 0.0577. The number of methoxy groups -OCH3 is 1. The predicted octanol–water partition coefficient (Wildman–Crippen LogP) is 2.10. The standard InChI is InChI=1S/C15H23NO3/c1-4-16(8-5-9-17)11-14-10-13(12(2)18)6-7-15(14)19-3/h6-7,10,17H,4-5,8-9,11H2,1-3H3. The molecule has 0 heterocycles. The van der Waals surface area contributed by atoms with Crippen molar-refractivity contribution >= 4 is 5.78 Å². The predicted molar refractivity (Wildman–Crippen MR) is 75.7 cm³/mol. The summed E-state index contributed by atoms with van der Waals surface area (Å²) in [7, 11) is 1.64. The number of benzene rings is 1. The molecule has 1 N–H and O–H groups in total. The van der Waals surface area contributed by atoms with Gasteiger partial charge in [0.25, 0.3) is 0 Å². The smallest absolute Gasteiger partial charge is 0.159 e. The molecular weight excluding hydrogens is 242 g/mol. The highest BCUT2D eigenvalue weighted by atomic mass is 16.5. The topological polar surface area (TPSA) is 49.8 Å². The second-order valence-electron chi connectivity index (χ2n) is 4.53. The van der Waals surface area contributed by atoms with Crippen molar-refractivity contribution in [2.45, 2.75) is 26.8 Å². The lowest BCUT2D eigenvalue weighted by molar-refractivity contribution is 0.101. The molecule has 0 fully saturated rings. The van der Waals surface area contributed by atoms with E-state index in [4.69, 9.17) is 9.84 Å². The molecule has 0 saturated carbocycles. The summed E-state index contributed by atoms with van der Waals surface area (Å²) in [5.41, 5.74) is 1.71. The highest BCUT2D eigenvalue weighted by Crippen LogP contribution is 2.22.